The Kier molecular flexibility index (Phi) is 3.47. The minimum Gasteiger partial charge on any atom is -0.390 e. The molecule has 0 amide bonds. The molecule has 0 aliphatic carbocycles. The van der Waals surface area contributed by atoms with Crippen LogP contribution in [-0.4, -0.2) is 40.5 Å². The van der Waals surface area contributed by atoms with Crippen molar-refractivity contribution >= 4 is 16.7 Å². The fraction of sp³-hybridized carbons (Fsp3) is 0.167. The Labute approximate surface area is 153 Å². The summed E-state index contributed by atoms with van der Waals surface area (Å²) in [7, 11) is 1.82. The van der Waals surface area contributed by atoms with Crippen molar-refractivity contribution in [1.29, 1.82) is 0 Å². The Balaban J connectivity index is 1.64. The summed E-state index contributed by atoms with van der Waals surface area (Å²) in [4.78, 5) is 16.8. The first-order chi connectivity index (χ1) is 13.2. The normalized spacial score (nSPS) is 13.3. The summed E-state index contributed by atoms with van der Waals surface area (Å²) in [5.41, 5.74) is 9.24. The second-order valence-electron chi connectivity index (χ2n) is 6.30. The van der Waals surface area contributed by atoms with E-state index in [9.17, 15) is 5.11 Å². The monoisotopic (exact) mass is 360 g/mol. The molecule has 3 N–H and O–H groups in total. The summed E-state index contributed by atoms with van der Waals surface area (Å²) in [6.45, 7) is 0.446. The molecule has 27 heavy (non-hydrogen) atoms. The van der Waals surface area contributed by atoms with Crippen molar-refractivity contribution in [2.75, 3.05) is 0 Å². The zero-order chi connectivity index (χ0) is 18.4. The minimum absolute atomic E-state index is 0.145. The maximum absolute atomic E-state index is 9.58. The molecule has 0 bridgehead atoms. The predicted octanol–water partition coefficient (Wildman–Crippen LogP) is 1.10. The minimum atomic E-state index is -0.145. The highest BCUT2D eigenvalue weighted by molar-refractivity contribution is 6.12. The van der Waals surface area contributed by atoms with Gasteiger partial charge < -0.3 is 15.5 Å². The first kappa shape index (κ1) is 15.6. The van der Waals surface area contributed by atoms with Crippen molar-refractivity contribution in [3.8, 4) is 11.3 Å². The van der Waals surface area contributed by atoms with Gasteiger partial charge in [0.2, 0.25) is 0 Å². The molecule has 0 atom stereocenters. The van der Waals surface area contributed by atoms with Crippen LogP contribution in [0.2, 0.25) is 0 Å². The molecule has 134 valence electrons. The molecule has 4 aromatic heterocycles. The van der Waals surface area contributed by atoms with E-state index in [0.717, 1.165) is 33.5 Å². The SMILES string of the molecule is Cn1cc(-c2ccc3c(n2)C(c2nc4ccncc4[nH]2)=NNC3)c(CO)n1. The summed E-state index contributed by atoms with van der Waals surface area (Å²) < 4.78 is 1.67. The number of aromatic nitrogens is 6. The van der Waals surface area contributed by atoms with Gasteiger partial charge in [-0.25, -0.2) is 9.97 Å². The number of pyridine rings is 2. The van der Waals surface area contributed by atoms with Gasteiger partial charge in [0.05, 0.1) is 41.8 Å². The lowest BCUT2D eigenvalue weighted by Crippen LogP contribution is -2.23. The van der Waals surface area contributed by atoms with Crippen LogP contribution in [0.15, 0.2) is 41.9 Å². The van der Waals surface area contributed by atoms with E-state index < -0.39 is 0 Å². The third kappa shape index (κ3) is 2.56. The van der Waals surface area contributed by atoms with Crippen LogP contribution < -0.4 is 5.43 Å². The molecule has 0 fully saturated rings. The molecule has 0 unspecified atom stereocenters. The molecule has 4 aromatic rings. The fourth-order valence-electron chi connectivity index (χ4n) is 3.24. The van der Waals surface area contributed by atoms with E-state index >= 15 is 0 Å². The Morgan fingerprint density at radius 2 is 2.15 bits per heavy atom. The molecule has 0 radical (unpaired) electrons. The summed E-state index contributed by atoms with van der Waals surface area (Å²) in [6.07, 6.45) is 5.29. The molecule has 1 aliphatic rings. The van der Waals surface area contributed by atoms with E-state index in [1.165, 1.54) is 0 Å². The molecule has 9 heteroatoms. The predicted molar refractivity (Wildman–Crippen MR) is 98.7 cm³/mol. The van der Waals surface area contributed by atoms with Crippen LogP contribution in [0.4, 0.5) is 0 Å². The van der Waals surface area contributed by atoms with Gasteiger partial charge in [0.25, 0.3) is 0 Å². The van der Waals surface area contributed by atoms with Gasteiger partial charge in [-0.2, -0.15) is 10.2 Å². The second-order valence-corrected chi connectivity index (χ2v) is 6.30. The number of nitrogens with one attached hydrogen (secondary N) is 2. The van der Waals surface area contributed by atoms with Gasteiger partial charge >= 0.3 is 0 Å². The van der Waals surface area contributed by atoms with Crippen molar-refractivity contribution in [3.63, 3.8) is 0 Å². The standard InChI is InChI=1S/C18H16N8O/c1-26-8-11(15(9-27)25-26)12-3-2-10-6-20-24-17(16(10)21-12)18-22-13-4-5-19-7-14(13)23-18/h2-5,7-8,20,27H,6,9H2,1H3,(H,22,23). The summed E-state index contributed by atoms with van der Waals surface area (Å²) in [6, 6.07) is 5.79. The lowest BCUT2D eigenvalue weighted by Gasteiger charge is -2.16. The number of rotatable bonds is 3. The van der Waals surface area contributed by atoms with Crippen molar-refractivity contribution in [1.82, 2.24) is 35.1 Å². The molecule has 0 saturated carbocycles. The van der Waals surface area contributed by atoms with Gasteiger partial charge in [-0.15, -0.1) is 0 Å². The lowest BCUT2D eigenvalue weighted by molar-refractivity contribution is 0.276. The number of nitrogens with zero attached hydrogens (tertiary/aromatic N) is 6. The summed E-state index contributed by atoms with van der Waals surface area (Å²) in [5.74, 6) is 0.629. The molecule has 0 aromatic carbocycles. The highest BCUT2D eigenvalue weighted by Gasteiger charge is 2.22. The van der Waals surface area contributed by atoms with E-state index in [-0.39, 0.29) is 6.61 Å². The summed E-state index contributed by atoms with van der Waals surface area (Å²) in [5, 5.41) is 18.3. The fourth-order valence-corrected chi connectivity index (χ4v) is 3.24. The topological polar surface area (TPSA) is 117 Å². The Bertz CT molecular complexity index is 1160. The number of hydrazone groups is 1. The molecule has 0 saturated heterocycles. The Morgan fingerprint density at radius 1 is 1.22 bits per heavy atom. The number of fused-ring (bicyclic) bond motifs is 2. The smallest absolute Gasteiger partial charge is 0.161 e. The highest BCUT2D eigenvalue weighted by Crippen LogP contribution is 2.25. The number of aryl methyl sites for hydroxylation is 1. The molecule has 5 rings (SSSR count). The molecular formula is C18H16N8O. The van der Waals surface area contributed by atoms with E-state index in [1.54, 1.807) is 17.1 Å². The third-order valence-corrected chi connectivity index (χ3v) is 4.50. The Morgan fingerprint density at radius 3 is 3.00 bits per heavy atom. The summed E-state index contributed by atoms with van der Waals surface area (Å²) >= 11 is 0. The van der Waals surface area contributed by atoms with Crippen LogP contribution >= 0.6 is 0 Å². The zero-order valence-corrected chi connectivity index (χ0v) is 14.5. The van der Waals surface area contributed by atoms with E-state index in [4.69, 9.17) is 4.98 Å². The van der Waals surface area contributed by atoms with Crippen LogP contribution in [-0.2, 0) is 20.2 Å². The van der Waals surface area contributed by atoms with Gasteiger partial charge in [0.1, 0.15) is 5.69 Å². The maximum Gasteiger partial charge on any atom is 0.161 e. The van der Waals surface area contributed by atoms with Crippen molar-refractivity contribution < 1.29 is 5.11 Å². The van der Waals surface area contributed by atoms with E-state index in [2.05, 4.69) is 30.6 Å². The van der Waals surface area contributed by atoms with Crippen LogP contribution in [0, 0.1) is 0 Å². The maximum atomic E-state index is 9.58. The van der Waals surface area contributed by atoms with E-state index in [1.807, 2.05) is 31.4 Å². The van der Waals surface area contributed by atoms with Crippen LogP contribution in [0.1, 0.15) is 22.8 Å². The average Bonchev–Trinajstić information content (AvgIpc) is 3.30. The van der Waals surface area contributed by atoms with Gasteiger partial charge in [0.15, 0.2) is 11.5 Å². The Hall–Kier alpha value is -3.59. The first-order valence-corrected chi connectivity index (χ1v) is 8.47. The first-order valence-electron chi connectivity index (χ1n) is 8.47. The lowest BCUT2D eigenvalue weighted by atomic mass is 10.0. The second kappa shape index (κ2) is 5.99. The number of aliphatic hydroxyl groups excluding tert-OH is 1. The van der Waals surface area contributed by atoms with Crippen LogP contribution in [0.5, 0.6) is 0 Å². The highest BCUT2D eigenvalue weighted by atomic mass is 16.3. The zero-order valence-electron chi connectivity index (χ0n) is 14.5. The largest absolute Gasteiger partial charge is 0.390 e. The van der Waals surface area contributed by atoms with Gasteiger partial charge in [-0.1, -0.05) is 6.07 Å². The third-order valence-electron chi connectivity index (χ3n) is 4.50. The van der Waals surface area contributed by atoms with Gasteiger partial charge in [-0.05, 0) is 12.1 Å². The quantitative estimate of drug-likeness (QED) is 0.504. The number of H-pyrrole nitrogens is 1. The van der Waals surface area contributed by atoms with Gasteiger partial charge in [-0.3, -0.25) is 9.67 Å². The number of hydrogen-bond donors (Lipinski definition) is 3. The van der Waals surface area contributed by atoms with Crippen LogP contribution in [0.25, 0.3) is 22.3 Å². The molecule has 0 spiro atoms. The molecule has 9 nitrogen and oxygen atoms in total. The molecule has 1 aliphatic heterocycles. The van der Waals surface area contributed by atoms with Crippen LogP contribution in [0.3, 0.4) is 0 Å². The van der Waals surface area contributed by atoms with E-state index in [0.29, 0.717) is 23.8 Å². The van der Waals surface area contributed by atoms with Gasteiger partial charge in [0, 0.05) is 30.6 Å². The van der Waals surface area contributed by atoms with Crippen molar-refractivity contribution in [2.24, 2.45) is 12.1 Å². The number of hydrogen-bond acceptors (Lipinski definition) is 7. The van der Waals surface area contributed by atoms with Crippen molar-refractivity contribution in [2.45, 2.75) is 13.2 Å². The molecular weight excluding hydrogens is 344 g/mol. The average molecular weight is 360 g/mol. The number of aromatic amines is 1. The number of imidazole rings is 1. The van der Waals surface area contributed by atoms with Crippen molar-refractivity contribution in [3.05, 3.63) is 59.6 Å². The number of aliphatic hydroxyl groups is 1. The molecule has 5 heterocycles.